The van der Waals surface area contributed by atoms with Crippen LogP contribution < -0.4 is 5.32 Å². The molecule has 0 radical (unpaired) electrons. The van der Waals surface area contributed by atoms with Crippen LogP contribution in [0.3, 0.4) is 0 Å². The lowest BCUT2D eigenvalue weighted by molar-refractivity contribution is 0.0765. The van der Waals surface area contributed by atoms with Crippen LogP contribution in [0.5, 0.6) is 0 Å². The Hall–Kier alpha value is -0.870. The molecule has 1 amide bonds. The number of nitrogens with zero attached hydrogens (tertiary/aromatic N) is 1. The molecule has 1 aliphatic heterocycles. The van der Waals surface area contributed by atoms with E-state index in [1.165, 1.54) is 0 Å². The molecule has 1 aromatic carbocycles. The van der Waals surface area contributed by atoms with Gasteiger partial charge in [0.15, 0.2) is 0 Å². The maximum atomic E-state index is 12.3. The molecule has 92 valence electrons. The maximum absolute atomic E-state index is 12.3. The molecule has 3 nitrogen and oxygen atoms in total. The Morgan fingerprint density at radius 3 is 2.76 bits per heavy atom. The second kappa shape index (κ2) is 5.65. The highest BCUT2D eigenvalue weighted by atomic mass is 79.9. The zero-order valence-corrected chi connectivity index (χ0v) is 11.5. The molecule has 4 heteroatoms. The predicted octanol–water partition coefficient (Wildman–Crippen LogP) is 2.27. The van der Waals surface area contributed by atoms with E-state index in [4.69, 9.17) is 0 Å². The van der Waals surface area contributed by atoms with Gasteiger partial charge in [-0.1, -0.05) is 15.9 Å². The van der Waals surface area contributed by atoms with E-state index in [2.05, 4.69) is 28.2 Å². The van der Waals surface area contributed by atoms with Crippen LogP contribution in [0.25, 0.3) is 0 Å². The van der Waals surface area contributed by atoms with Crippen molar-refractivity contribution < 1.29 is 4.79 Å². The second-order valence-electron chi connectivity index (χ2n) is 4.44. The highest BCUT2D eigenvalue weighted by molar-refractivity contribution is 9.10. The van der Waals surface area contributed by atoms with Crippen LogP contribution in [0, 0.1) is 0 Å². The van der Waals surface area contributed by atoms with Crippen molar-refractivity contribution >= 4 is 21.8 Å². The fourth-order valence-electron chi connectivity index (χ4n) is 1.99. The van der Waals surface area contributed by atoms with Gasteiger partial charge in [-0.25, -0.2) is 0 Å². The molecule has 17 heavy (non-hydrogen) atoms. The fraction of sp³-hybridized carbons (Fsp3) is 0.462. The molecule has 1 N–H and O–H groups in total. The van der Waals surface area contributed by atoms with Gasteiger partial charge in [0.25, 0.3) is 5.91 Å². The molecule has 1 heterocycles. The van der Waals surface area contributed by atoms with Gasteiger partial charge in [0.1, 0.15) is 0 Å². The van der Waals surface area contributed by atoms with E-state index >= 15 is 0 Å². The normalized spacial score (nSPS) is 21.1. The summed E-state index contributed by atoms with van der Waals surface area (Å²) in [4.78, 5) is 14.2. The van der Waals surface area contributed by atoms with E-state index in [9.17, 15) is 4.79 Å². The van der Waals surface area contributed by atoms with Crippen LogP contribution in [0.2, 0.25) is 0 Å². The maximum Gasteiger partial charge on any atom is 0.253 e. The number of amides is 1. The van der Waals surface area contributed by atoms with E-state index in [0.29, 0.717) is 6.04 Å². The minimum atomic E-state index is 0.133. The summed E-state index contributed by atoms with van der Waals surface area (Å²) in [6, 6.07) is 8.05. The first-order valence-corrected chi connectivity index (χ1v) is 6.74. The summed E-state index contributed by atoms with van der Waals surface area (Å²) in [5.74, 6) is 0.133. The molecule has 0 aromatic heterocycles. The van der Waals surface area contributed by atoms with Crippen molar-refractivity contribution in [2.75, 3.05) is 19.6 Å². The summed E-state index contributed by atoms with van der Waals surface area (Å²) in [6.07, 6.45) is 1.02. The van der Waals surface area contributed by atoms with Crippen LogP contribution in [0.1, 0.15) is 23.7 Å². The Morgan fingerprint density at radius 1 is 1.35 bits per heavy atom. The van der Waals surface area contributed by atoms with Crippen molar-refractivity contribution in [3.8, 4) is 0 Å². The average molecular weight is 297 g/mol. The summed E-state index contributed by atoms with van der Waals surface area (Å²) in [5.41, 5.74) is 0.766. The zero-order chi connectivity index (χ0) is 12.3. The van der Waals surface area contributed by atoms with Crippen LogP contribution >= 0.6 is 15.9 Å². The van der Waals surface area contributed by atoms with Crippen molar-refractivity contribution in [3.05, 3.63) is 34.3 Å². The molecule has 0 bridgehead atoms. The summed E-state index contributed by atoms with van der Waals surface area (Å²) < 4.78 is 1.00. The third kappa shape index (κ3) is 3.30. The zero-order valence-electron chi connectivity index (χ0n) is 9.95. The second-order valence-corrected chi connectivity index (χ2v) is 5.36. The summed E-state index contributed by atoms with van der Waals surface area (Å²) in [5, 5.41) is 3.39. The van der Waals surface area contributed by atoms with Gasteiger partial charge in [-0.2, -0.15) is 0 Å². The topological polar surface area (TPSA) is 32.3 Å². The number of benzene rings is 1. The van der Waals surface area contributed by atoms with Gasteiger partial charge in [0.05, 0.1) is 0 Å². The van der Waals surface area contributed by atoms with Gasteiger partial charge >= 0.3 is 0 Å². The molecular formula is C13H17BrN2O. The van der Waals surface area contributed by atoms with E-state index in [1.807, 2.05) is 29.2 Å². The van der Waals surface area contributed by atoms with Gasteiger partial charge in [0, 0.05) is 35.7 Å². The number of nitrogens with one attached hydrogen (secondary N) is 1. The van der Waals surface area contributed by atoms with Crippen molar-refractivity contribution in [2.24, 2.45) is 0 Å². The van der Waals surface area contributed by atoms with Gasteiger partial charge in [-0.3, -0.25) is 4.79 Å². The van der Waals surface area contributed by atoms with E-state index in [0.717, 1.165) is 36.1 Å². The Labute approximate surface area is 110 Å². The number of hydrogen-bond donors (Lipinski definition) is 1. The van der Waals surface area contributed by atoms with E-state index < -0.39 is 0 Å². The highest BCUT2D eigenvalue weighted by Gasteiger charge is 2.18. The third-order valence-electron chi connectivity index (χ3n) is 3.08. The first-order valence-electron chi connectivity index (χ1n) is 5.95. The lowest BCUT2D eigenvalue weighted by Crippen LogP contribution is -2.34. The van der Waals surface area contributed by atoms with Crippen LogP contribution in [-0.2, 0) is 0 Å². The summed E-state index contributed by atoms with van der Waals surface area (Å²) in [7, 11) is 0. The van der Waals surface area contributed by atoms with Gasteiger partial charge in [-0.15, -0.1) is 0 Å². The molecule has 1 fully saturated rings. The lowest BCUT2D eigenvalue weighted by Gasteiger charge is -2.20. The predicted molar refractivity (Wildman–Crippen MR) is 72.1 cm³/mol. The molecule has 2 rings (SSSR count). The lowest BCUT2D eigenvalue weighted by atomic mass is 10.2. The molecule has 0 saturated carbocycles. The van der Waals surface area contributed by atoms with Gasteiger partial charge in [-0.05, 0) is 37.6 Å². The quantitative estimate of drug-likeness (QED) is 0.862. The number of hydrogen-bond acceptors (Lipinski definition) is 2. The van der Waals surface area contributed by atoms with Gasteiger partial charge in [0.2, 0.25) is 0 Å². The minimum absolute atomic E-state index is 0.133. The standard InChI is InChI=1S/C13H17BrN2O/c1-10-6-8-16(9-7-15-10)13(17)11-2-4-12(14)5-3-11/h2-5,10,15H,6-9H2,1H3. The molecule has 1 unspecified atom stereocenters. The van der Waals surface area contributed by atoms with Crippen LogP contribution in [0.15, 0.2) is 28.7 Å². The number of carbonyl (C=O) groups is 1. The third-order valence-corrected chi connectivity index (χ3v) is 3.61. The average Bonchev–Trinajstić information content (AvgIpc) is 2.54. The Kier molecular flexibility index (Phi) is 4.18. The molecular weight excluding hydrogens is 280 g/mol. The van der Waals surface area contributed by atoms with Crippen LogP contribution in [-0.4, -0.2) is 36.5 Å². The first-order chi connectivity index (χ1) is 8.16. The van der Waals surface area contributed by atoms with Gasteiger partial charge < -0.3 is 10.2 Å². The van der Waals surface area contributed by atoms with E-state index in [1.54, 1.807) is 0 Å². The molecule has 1 atom stereocenters. The van der Waals surface area contributed by atoms with Crippen molar-refractivity contribution in [3.63, 3.8) is 0 Å². The first kappa shape index (κ1) is 12.6. The summed E-state index contributed by atoms with van der Waals surface area (Å²) in [6.45, 7) is 4.67. The Bertz CT molecular complexity index is 391. The van der Waals surface area contributed by atoms with Crippen LogP contribution in [0.4, 0.5) is 0 Å². The number of carbonyl (C=O) groups excluding carboxylic acids is 1. The number of rotatable bonds is 1. The highest BCUT2D eigenvalue weighted by Crippen LogP contribution is 2.13. The largest absolute Gasteiger partial charge is 0.337 e. The smallest absolute Gasteiger partial charge is 0.253 e. The monoisotopic (exact) mass is 296 g/mol. The van der Waals surface area contributed by atoms with Crippen molar-refractivity contribution in [1.29, 1.82) is 0 Å². The molecule has 1 saturated heterocycles. The number of halogens is 1. The molecule has 1 aliphatic rings. The minimum Gasteiger partial charge on any atom is -0.337 e. The Balaban J connectivity index is 2.06. The van der Waals surface area contributed by atoms with Crippen molar-refractivity contribution in [2.45, 2.75) is 19.4 Å². The SMILES string of the molecule is CC1CCN(C(=O)c2ccc(Br)cc2)CCN1. The van der Waals surface area contributed by atoms with E-state index in [-0.39, 0.29) is 5.91 Å². The molecule has 0 spiro atoms. The molecule has 1 aromatic rings. The van der Waals surface area contributed by atoms with Crippen molar-refractivity contribution in [1.82, 2.24) is 10.2 Å². The molecule has 0 aliphatic carbocycles. The summed E-state index contributed by atoms with van der Waals surface area (Å²) >= 11 is 3.38. The fourth-order valence-corrected chi connectivity index (χ4v) is 2.25. The Morgan fingerprint density at radius 2 is 2.06 bits per heavy atom.